The van der Waals surface area contributed by atoms with Crippen LogP contribution in [0.1, 0.15) is 11.5 Å². The zero-order valence-electron chi connectivity index (χ0n) is 14.5. The second-order valence-electron chi connectivity index (χ2n) is 5.93. The highest BCUT2D eigenvalue weighted by molar-refractivity contribution is 7.98. The molecule has 4 rings (SSSR count). The van der Waals surface area contributed by atoms with Crippen molar-refractivity contribution >= 4 is 11.8 Å². The van der Waals surface area contributed by atoms with Gasteiger partial charge < -0.3 is 4.52 Å². The van der Waals surface area contributed by atoms with E-state index in [0.29, 0.717) is 23.2 Å². The number of hydrogen-bond acceptors (Lipinski definition) is 6. The van der Waals surface area contributed by atoms with Gasteiger partial charge in [0.1, 0.15) is 10.8 Å². The highest BCUT2D eigenvalue weighted by atomic mass is 32.2. The van der Waals surface area contributed by atoms with Gasteiger partial charge in [-0.2, -0.15) is 4.98 Å². The van der Waals surface area contributed by atoms with E-state index in [1.807, 2.05) is 43.3 Å². The lowest BCUT2D eigenvalue weighted by Crippen LogP contribution is -1.90. The molecule has 0 aliphatic heterocycles. The number of hydrogen-bond donors (Lipinski definition) is 0. The first-order valence-corrected chi connectivity index (χ1v) is 9.28. The molecule has 0 fully saturated rings. The molecule has 0 aliphatic carbocycles. The molecular weight excluding hydrogens is 363 g/mol. The molecule has 2 heterocycles. The summed E-state index contributed by atoms with van der Waals surface area (Å²) in [4.78, 5) is 4.42. The van der Waals surface area contributed by atoms with Crippen LogP contribution >= 0.6 is 11.8 Å². The number of nitrogens with zero attached hydrogens (tertiary/aromatic N) is 4. The molecule has 0 atom stereocenters. The third-order valence-electron chi connectivity index (χ3n) is 3.90. The lowest BCUT2D eigenvalue weighted by Gasteiger charge is -2.01. The van der Waals surface area contributed by atoms with Crippen molar-refractivity contribution in [2.24, 2.45) is 0 Å². The minimum atomic E-state index is -0.275. The molecule has 2 aromatic heterocycles. The maximum atomic E-state index is 13.0. The third kappa shape index (κ3) is 4.20. The van der Waals surface area contributed by atoms with Crippen LogP contribution in [-0.4, -0.2) is 20.3 Å². The quantitative estimate of drug-likeness (QED) is 0.459. The zero-order valence-corrected chi connectivity index (χ0v) is 15.3. The highest BCUT2D eigenvalue weighted by Crippen LogP contribution is 2.24. The minimum absolute atomic E-state index is 0.275. The second kappa shape index (κ2) is 7.67. The van der Waals surface area contributed by atoms with E-state index < -0.39 is 0 Å². The van der Waals surface area contributed by atoms with E-state index in [2.05, 4.69) is 20.3 Å². The van der Waals surface area contributed by atoms with Crippen molar-refractivity contribution in [1.82, 2.24) is 20.3 Å². The molecule has 0 spiro atoms. The molecule has 5 nitrogen and oxygen atoms in total. The Balaban J connectivity index is 1.40. The van der Waals surface area contributed by atoms with Crippen molar-refractivity contribution in [3.8, 4) is 22.6 Å². The Labute approximate surface area is 159 Å². The molecule has 0 radical (unpaired) electrons. The predicted octanol–water partition coefficient (Wildman–Crippen LogP) is 4.93. The van der Waals surface area contributed by atoms with Crippen molar-refractivity contribution in [3.05, 3.63) is 77.9 Å². The van der Waals surface area contributed by atoms with Gasteiger partial charge in [-0.3, -0.25) is 0 Å². The van der Waals surface area contributed by atoms with Crippen LogP contribution in [0.5, 0.6) is 0 Å². The van der Waals surface area contributed by atoms with Crippen LogP contribution < -0.4 is 0 Å². The fraction of sp³-hybridized carbons (Fsp3) is 0.100. The maximum absolute atomic E-state index is 13.0. The molecule has 0 N–H and O–H groups in total. The molecule has 0 amide bonds. The van der Waals surface area contributed by atoms with Crippen LogP contribution in [0.25, 0.3) is 22.6 Å². The smallest absolute Gasteiger partial charge is 0.237 e. The van der Waals surface area contributed by atoms with Crippen molar-refractivity contribution in [3.63, 3.8) is 0 Å². The normalized spacial score (nSPS) is 10.9. The van der Waals surface area contributed by atoms with Crippen molar-refractivity contribution < 1.29 is 8.91 Å². The molecule has 0 saturated heterocycles. The predicted molar refractivity (Wildman–Crippen MR) is 101 cm³/mol. The van der Waals surface area contributed by atoms with Crippen molar-refractivity contribution in [1.29, 1.82) is 0 Å². The van der Waals surface area contributed by atoms with Crippen LogP contribution in [0.15, 0.2) is 70.2 Å². The first-order valence-electron chi connectivity index (χ1n) is 8.29. The Kier molecular flexibility index (Phi) is 4.93. The average molecular weight is 378 g/mol. The van der Waals surface area contributed by atoms with Gasteiger partial charge in [0, 0.05) is 11.1 Å². The first kappa shape index (κ1) is 17.4. The largest absolute Gasteiger partial charge is 0.338 e. The van der Waals surface area contributed by atoms with Gasteiger partial charge in [-0.25, -0.2) is 4.39 Å². The number of halogens is 1. The number of aromatic nitrogens is 4. The molecular formula is C20H15FN4OS. The van der Waals surface area contributed by atoms with Crippen LogP contribution in [0.2, 0.25) is 0 Å². The molecule has 4 aromatic rings. The summed E-state index contributed by atoms with van der Waals surface area (Å²) in [5, 5.41) is 13.2. The summed E-state index contributed by atoms with van der Waals surface area (Å²) in [6, 6.07) is 17.8. The summed E-state index contributed by atoms with van der Waals surface area (Å²) >= 11 is 1.46. The Morgan fingerprint density at radius 2 is 1.63 bits per heavy atom. The molecule has 7 heteroatoms. The summed E-state index contributed by atoms with van der Waals surface area (Å²) in [6.07, 6.45) is 0. The number of rotatable bonds is 5. The molecule has 0 bridgehead atoms. The molecule has 0 aliphatic rings. The maximum Gasteiger partial charge on any atom is 0.237 e. The van der Waals surface area contributed by atoms with Crippen molar-refractivity contribution in [2.75, 3.05) is 0 Å². The molecule has 134 valence electrons. The Bertz CT molecular complexity index is 1030. The topological polar surface area (TPSA) is 64.7 Å². The van der Waals surface area contributed by atoms with E-state index in [1.165, 1.54) is 29.5 Å². The summed E-state index contributed by atoms with van der Waals surface area (Å²) in [7, 11) is 0. The Morgan fingerprint density at radius 1 is 0.889 bits per heavy atom. The van der Waals surface area contributed by atoms with Crippen LogP contribution in [0.4, 0.5) is 4.39 Å². The van der Waals surface area contributed by atoms with Crippen molar-refractivity contribution in [2.45, 2.75) is 17.7 Å². The third-order valence-corrected chi connectivity index (χ3v) is 4.81. The van der Waals surface area contributed by atoms with Gasteiger partial charge in [-0.15, -0.1) is 10.2 Å². The van der Waals surface area contributed by atoms with Crippen LogP contribution in [-0.2, 0) is 5.75 Å². The second-order valence-corrected chi connectivity index (χ2v) is 6.93. The minimum Gasteiger partial charge on any atom is -0.338 e. The van der Waals surface area contributed by atoms with Gasteiger partial charge in [-0.1, -0.05) is 46.7 Å². The van der Waals surface area contributed by atoms with Gasteiger partial charge in [0.05, 0.1) is 11.4 Å². The van der Waals surface area contributed by atoms with Gasteiger partial charge in [-0.05, 0) is 43.3 Å². The highest BCUT2D eigenvalue weighted by Gasteiger charge is 2.10. The summed E-state index contributed by atoms with van der Waals surface area (Å²) < 4.78 is 18.3. The lowest BCUT2D eigenvalue weighted by molar-refractivity contribution is 0.391. The van der Waals surface area contributed by atoms with E-state index in [0.717, 1.165) is 16.2 Å². The average Bonchev–Trinajstić information content (AvgIpc) is 3.17. The lowest BCUT2D eigenvalue weighted by atomic mass is 10.1. The molecule has 0 saturated carbocycles. The Hall–Kier alpha value is -3.06. The van der Waals surface area contributed by atoms with Gasteiger partial charge >= 0.3 is 0 Å². The molecule has 27 heavy (non-hydrogen) atoms. The summed E-state index contributed by atoms with van der Waals surface area (Å²) in [5.74, 6) is 1.33. The van der Waals surface area contributed by atoms with Crippen LogP contribution in [0.3, 0.4) is 0 Å². The molecule has 0 unspecified atom stereocenters. The van der Waals surface area contributed by atoms with E-state index in [1.54, 1.807) is 12.1 Å². The monoisotopic (exact) mass is 378 g/mol. The number of benzene rings is 2. The van der Waals surface area contributed by atoms with Gasteiger partial charge in [0.15, 0.2) is 0 Å². The van der Waals surface area contributed by atoms with E-state index in [9.17, 15) is 4.39 Å². The number of aryl methyl sites for hydroxylation is 1. The van der Waals surface area contributed by atoms with E-state index >= 15 is 0 Å². The SMILES string of the molecule is Cc1ccc(-c2noc(CSc3ccc(-c4ccc(F)cc4)nn3)n2)cc1. The van der Waals surface area contributed by atoms with Gasteiger partial charge in [0.25, 0.3) is 0 Å². The summed E-state index contributed by atoms with van der Waals surface area (Å²) in [6.45, 7) is 2.03. The first-order chi connectivity index (χ1) is 13.2. The zero-order chi connectivity index (χ0) is 18.6. The molecule has 2 aromatic carbocycles. The standard InChI is InChI=1S/C20H15FN4OS/c1-13-2-4-15(5-3-13)20-22-18(26-25-20)12-27-19-11-10-17(23-24-19)14-6-8-16(21)9-7-14/h2-11H,12H2,1H3. The summed E-state index contributed by atoms with van der Waals surface area (Å²) in [5.41, 5.74) is 3.61. The van der Waals surface area contributed by atoms with Gasteiger partial charge in [0.2, 0.25) is 11.7 Å². The number of thioether (sulfide) groups is 1. The van der Waals surface area contributed by atoms with E-state index in [-0.39, 0.29) is 5.82 Å². The fourth-order valence-electron chi connectivity index (χ4n) is 2.44. The van der Waals surface area contributed by atoms with Crippen LogP contribution in [0, 0.1) is 12.7 Å². The van der Waals surface area contributed by atoms with E-state index in [4.69, 9.17) is 4.52 Å². The Morgan fingerprint density at radius 3 is 2.33 bits per heavy atom. The fourth-order valence-corrected chi connectivity index (χ4v) is 3.09.